The summed E-state index contributed by atoms with van der Waals surface area (Å²) in [4.78, 5) is 0. The summed E-state index contributed by atoms with van der Waals surface area (Å²) in [5, 5.41) is 8.06. The summed E-state index contributed by atoms with van der Waals surface area (Å²) in [6, 6.07) is 2.03. The lowest BCUT2D eigenvalue weighted by Crippen LogP contribution is -2.45. The molecule has 1 atom stereocenters. The molecule has 17 heavy (non-hydrogen) atoms. The second-order valence-corrected chi connectivity index (χ2v) is 6.63. The Morgan fingerprint density at radius 3 is 2.29 bits per heavy atom. The highest BCUT2D eigenvalue weighted by atomic mass is 32.2. The molecule has 0 aromatic heterocycles. The molecule has 0 aromatic rings. The average Bonchev–Trinajstić information content (AvgIpc) is 2.32. The van der Waals surface area contributed by atoms with Crippen molar-refractivity contribution >= 4 is 10.0 Å². The number of hydrogen-bond donors (Lipinski definition) is 0. The van der Waals surface area contributed by atoms with Crippen LogP contribution in [0.4, 0.5) is 0 Å². The Kier molecular flexibility index (Phi) is 5.41. The molecule has 0 spiro atoms. The van der Waals surface area contributed by atoms with Crippen molar-refractivity contribution in [2.24, 2.45) is 0 Å². The third-order valence-electron chi connectivity index (χ3n) is 3.49. The molecule has 5 heteroatoms. The zero-order valence-corrected chi connectivity index (χ0v) is 11.5. The maximum Gasteiger partial charge on any atom is 0.230 e. The van der Waals surface area contributed by atoms with Gasteiger partial charge in [-0.15, -0.1) is 0 Å². The van der Waals surface area contributed by atoms with E-state index in [1.807, 2.05) is 13.0 Å². The van der Waals surface area contributed by atoms with Crippen molar-refractivity contribution in [1.29, 1.82) is 5.26 Å². The molecule has 0 bridgehead atoms. The van der Waals surface area contributed by atoms with Crippen molar-refractivity contribution in [2.75, 3.05) is 6.54 Å². The molecule has 4 nitrogen and oxygen atoms in total. The van der Waals surface area contributed by atoms with Crippen molar-refractivity contribution in [3.05, 3.63) is 0 Å². The molecule has 0 saturated heterocycles. The largest absolute Gasteiger partial charge is 0.230 e. The zero-order valence-electron chi connectivity index (χ0n) is 10.7. The van der Waals surface area contributed by atoms with E-state index >= 15 is 0 Å². The van der Waals surface area contributed by atoms with E-state index in [2.05, 4.69) is 0 Å². The minimum absolute atomic E-state index is 0.112. The normalized spacial score (nSPS) is 20.1. The lowest BCUT2D eigenvalue weighted by molar-refractivity contribution is 0.260. The summed E-state index contributed by atoms with van der Waals surface area (Å²) in [6.07, 6.45) is 5.63. The van der Waals surface area contributed by atoms with E-state index in [0.717, 1.165) is 25.7 Å². The molecule has 0 amide bonds. The van der Waals surface area contributed by atoms with Gasteiger partial charge in [0.15, 0.2) is 5.25 Å². The quantitative estimate of drug-likeness (QED) is 0.760. The molecule has 0 radical (unpaired) electrons. The fourth-order valence-corrected chi connectivity index (χ4v) is 4.41. The number of nitrogens with zero attached hydrogens (tertiary/aromatic N) is 2. The number of rotatable bonds is 5. The fourth-order valence-electron chi connectivity index (χ4n) is 2.55. The highest BCUT2D eigenvalue weighted by Crippen LogP contribution is 2.26. The van der Waals surface area contributed by atoms with Crippen LogP contribution in [0.15, 0.2) is 0 Å². The van der Waals surface area contributed by atoms with E-state index in [9.17, 15) is 8.42 Å². The Hall–Kier alpha value is -0.600. The van der Waals surface area contributed by atoms with Crippen LogP contribution in [0.1, 0.15) is 52.4 Å². The van der Waals surface area contributed by atoms with Gasteiger partial charge in [0.25, 0.3) is 0 Å². The Morgan fingerprint density at radius 2 is 1.88 bits per heavy atom. The molecule has 1 saturated carbocycles. The average molecular weight is 258 g/mol. The lowest BCUT2D eigenvalue weighted by atomic mass is 9.95. The first-order valence-corrected chi connectivity index (χ1v) is 7.98. The first-order valence-electron chi connectivity index (χ1n) is 6.48. The molecule has 1 rings (SSSR count). The van der Waals surface area contributed by atoms with Gasteiger partial charge in [-0.1, -0.05) is 33.1 Å². The SMILES string of the molecule is CCC(C#N)S(=O)(=O)N(CC)C1CCCCC1. The smallest absolute Gasteiger partial charge is 0.211 e. The van der Waals surface area contributed by atoms with Crippen molar-refractivity contribution in [3.8, 4) is 6.07 Å². The second-order valence-electron chi connectivity index (χ2n) is 4.57. The van der Waals surface area contributed by atoms with Crippen LogP contribution in [0.25, 0.3) is 0 Å². The van der Waals surface area contributed by atoms with Gasteiger partial charge in [0.2, 0.25) is 10.0 Å². The molecule has 0 heterocycles. The van der Waals surface area contributed by atoms with Crippen LogP contribution < -0.4 is 0 Å². The van der Waals surface area contributed by atoms with Crippen LogP contribution in [0.2, 0.25) is 0 Å². The Balaban J connectivity index is 2.88. The predicted octanol–water partition coefficient (Wildman–Crippen LogP) is 2.27. The number of nitriles is 1. The van der Waals surface area contributed by atoms with Gasteiger partial charge in [0.1, 0.15) is 0 Å². The minimum Gasteiger partial charge on any atom is -0.211 e. The molecular formula is C12H22N2O2S. The molecule has 1 aliphatic rings. The maximum absolute atomic E-state index is 12.3. The van der Waals surface area contributed by atoms with Gasteiger partial charge in [-0.05, 0) is 19.3 Å². The van der Waals surface area contributed by atoms with Gasteiger partial charge in [0.05, 0.1) is 6.07 Å². The standard InChI is InChI=1S/C12H22N2O2S/c1-3-12(10-13)17(15,16)14(4-2)11-8-6-5-7-9-11/h11-12H,3-9H2,1-2H3. The highest BCUT2D eigenvalue weighted by Gasteiger charge is 2.35. The Bertz CT molecular complexity index is 366. The van der Waals surface area contributed by atoms with Gasteiger partial charge in [-0.3, -0.25) is 0 Å². The van der Waals surface area contributed by atoms with Crippen molar-refractivity contribution in [2.45, 2.75) is 63.7 Å². The molecule has 98 valence electrons. The molecule has 0 N–H and O–H groups in total. The zero-order chi connectivity index (χ0) is 12.9. The van der Waals surface area contributed by atoms with Crippen molar-refractivity contribution in [1.82, 2.24) is 4.31 Å². The number of sulfonamides is 1. The topological polar surface area (TPSA) is 61.2 Å². The van der Waals surface area contributed by atoms with Crippen LogP contribution in [-0.4, -0.2) is 30.6 Å². The third-order valence-corrected chi connectivity index (χ3v) is 5.86. The highest BCUT2D eigenvalue weighted by molar-refractivity contribution is 7.90. The van der Waals surface area contributed by atoms with E-state index in [0.29, 0.717) is 13.0 Å². The van der Waals surface area contributed by atoms with Gasteiger partial charge in [-0.25, -0.2) is 8.42 Å². The van der Waals surface area contributed by atoms with Crippen molar-refractivity contribution in [3.63, 3.8) is 0 Å². The summed E-state index contributed by atoms with van der Waals surface area (Å²) >= 11 is 0. The van der Waals surface area contributed by atoms with Gasteiger partial charge >= 0.3 is 0 Å². The summed E-state index contributed by atoms with van der Waals surface area (Å²) in [5.74, 6) is 0. The van der Waals surface area contributed by atoms with Gasteiger partial charge in [0, 0.05) is 12.6 Å². The Morgan fingerprint density at radius 1 is 1.29 bits per heavy atom. The van der Waals surface area contributed by atoms with Crippen LogP contribution in [0.5, 0.6) is 0 Å². The van der Waals surface area contributed by atoms with E-state index in [4.69, 9.17) is 5.26 Å². The molecule has 1 fully saturated rings. The number of hydrogen-bond acceptors (Lipinski definition) is 3. The van der Waals surface area contributed by atoms with Crippen LogP contribution in [-0.2, 0) is 10.0 Å². The summed E-state index contributed by atoms with van der Waals surface area (Å²) < 4.78 is 26.2. The second kappa shape index (κ2) is 6.36. The molecule has 0 aromatic carbocycles. The predicted molar refractivity (Wildman–Crippen MR) is 67.9 cm³/mol. The third kappa shape index (κ3) is 3.20. The van der Waals surface area contributed by atoms with Crippen LogP contribution in [0.3, 0.4) is 0 Å². The Labute approximate surface area is 105 Å². The summed E-state index contributed by atoms with van der Waals surface area (Å²) in [6.45, 7) is 4.08. The van der Waals surface area contributed by atoms with Crippen molar-refractivity contribution < 1.29 is 8.42 Å². The molecule has 1 aliphatic carbocycles. The van der Waals surface area contributed by atoms with Crippen LogP contribution >= 0.6 is 0 Å². The lowest BCUT2D eigenvalue weighted by Gasteiger charge is -2.33. The summed E-state index contributed by atoms with van der Waals surface area (Å²) in [5.41, 5.74) is 0. The molecular weight excluding hydrogens is 236 g/mol. The van der Waals surface area contributed by atoms with E-state index in [1.54, 1.807) is 11.2 Å². The monoisotopic (exact) mass is 258 g/mol. The first kappa shape index (κ1) is 14.5. The molecule has 1 unspecified atom stereocenters. The van der Waals surface area contributed by atoms with Gasteiger partial charge < -0.3 is 0 Å². The van der Waals surface area contributed by atoms with E-state index < -0.39 is 15.3 Å². The van der Waals surface area contributed by atoms with Gasteiger partial charge in [-0.2, -0.15) is 9.57 Å². The summed E-state index contributed by atoms with van der Waals surface area (Å²) in [7, 11) is -3.44. The maximum atomic E-state index is 12.3. The first-order chi connectivity index (χ1) is 8.07. The molecule has 0 aliphatic heterocycles. The van der Waals surface area contributed by atoms with Crippen LogP contribution in [0, 0.1) is 11.3 Å². The fraction of sp³-hybridized carbons (Fsp3) is 0.917. The minimum atomic E-state index is -3.44. The van der Waals surface area contributed by atoms with E-state index in [1.165, 1.54) is 6.42 Å². The van der Waals surface area contributed by atoms with E-state index in [-0.39, 0.29) is 6.04 Å².